The number of nitrogens with one attached hydrogen (secondary N) is 1. The zero-order chi connectivity index (χ0) is 15.3. The average Bonchev–Trinajstić information content (AvgIpc) is 2.48. The van der Waals surface area contributed by atoms with Crippen molar-refractivity contribution in [1.82, 2.24) is 5.32 Å². The van der Waals surface area contributed by atoms with Gasteiger partial charge in [-0.15, -0.1) is 0 Å². The number of rotatable bonds is 5. The fourth-order valence-corrected chi connectivity index (χ4v) is 3.01. The summed E-state index contributed by atoms with van der Waals surface area (Å²) in [6.45, 7) is 8.17. The molecule has 1 fully saturated rings. The largest absolute Gasteiger partial charge is 0.465 e. The van der Waals surface area contributed by atoms with E-state index in [9.17, 15) is 4.79 Å². The molecule has 0 atom stereocenters. The minimum atomic E-state index is -0.532. The van der Waals surface area contributed by atoms with Gasteiger partial charge in [-0.05, 0) is 45.7 Å². The van der Waals surface area contributed by atoms with E-state index >= 15 is 0 Å². The first-order chi connectivity index (χ1) is 10.1. The quantitative estimate of drug-likeness (QED) is 0.846. The van der Waals surface area contributed by atoms with Gasteiger partial charge in [0.2, 0.25) is 0 Å². The predicted octanol–water partition coefficient (Wildman–Crippen LogP) is 2.59. The van der Waals surface area contributed by atoms with Gasteiger partial charge in [-0.1, -0.05) is 18.2 Å². The van der Waals surface area contributed by atoms with Crippen molar-refractivity contribution in [3.05, 3.63) is 30.3 Å². The number of benzene rings is 1. The number of nitrogens with zero attached hydrogens (tertiary/aromatic N) is 1. The normalized spacial score (nSPS) is 17.8. The molecule has 0 unspecified atom stereocenters. The van der Waals surface area contributed by atoms with Gasteiger partial charge in [0.15, 0.2) is 0 Å². The molecule has 0 aliphatic carbocycles. The number of esters is 1. The van der Waals surface area contributed by atoms with Crippen molar-refractivity contribution in [2.24, 2.45) is 0 Å². The van der Waals surface area contributed by atoms with Crippen LogP contribution in [0.5, 0.6) is 0 Å². The van der Waals surface area contributed by atoms with Crippen LogP contribution in [0.4, 0.5) is 5.69 Å². The molecule has 0 bridgehead atoms. The molecule has 116 valence electrons. The predicted molar refractivity (Wildman–Crippen MR) is 85.5 cm³/mol. The molecular weight excluding hydrogens is 264 g/mol. The molecule has 4 nitrogen and oxygen atoms in total. The van der Waals surface area contributed by atoms with Crippen molar-refractivity contribution in [2.75, 3.05) is 24.6 Å². The van der Waals surface area contributed by atoms with Crippen LogP contribution in [0.15, 0.2) is 30.3 Å². The van der Waals surface area contributed by atoms with Gasteiger partial charge in [-0.25, -0.2) is 0 Å². The Morgan fingerprint density at radius 3 is 2.43 bits per heavy atom. The SMILES string of the molecule is CCOC(=O)C1(NC(C)C)CCN(c2ccccc2)CC1. The van der Waals surface area contributed by atoms with Gasteiger partial charge in [0, 0.05) is 24.8 Å². The lowest BCUT2D eigenvalue weighted by Crippen LogP contribution is -2.60. The smallest absolute Gasteiger partial charge is 0.326 e. The maximum atomic E-state index is 12.4. The van der Waals surface area contributed by atoms with Crippen LogP contribution in [0.2, 0.25) is 0 Å². The summed E-state index contributed by atoms with van der Waals surface area (Å²) in [6, 6.07) is 10.6. The van der Waals surface area contributed by atoms with Gasteiger partial charge in [-0.2, -0.15) is 0 Å². The Morgan fingerprint density at radius 2 is 1.90 bits per heavy atom. The standard InChI is InChI=1S/C17H26N2O2/c1-4-21-16(20)17(18-14(2)3)10-12-19(13-11-17)15-8-6-5-7-9-15/h5-9,14,18H,4,10-13H2,1-3H3. The zero-order valence-electron chi connectivity index (χ0n) is 13.3. The molecule has 1 N–H and O–H groups in total. The monoisotopic (exact) mass is 290 g/mol. The summed E-state index contributed by atoms with van der Waals surface area (Å²) in [5.74, 6) is -0.105. The molecule has 0 aromatic heterocycles. The number of para-hydroxylation sites is 1. The molecule has 21 heavy (non-hydrogen) atoms. The molecule has 1 aliphatic rings. The van der Waals surface area contributed by atoms with Crippen LogP contribution in [0.25, 0.3) is 0 Å². The van der Waals surface area contributed by atoms with E-state index in [-0.39, 0.29) is 12.0 Å². The molecule has 4 heteroatoms. The molecule has 1 aliphatic heterocycles. The molecule has 1 heterocycles. The zero-order valence-corrected chi connectivity index (χ0v) is 13.3. The van der Waals surface area contributed by atoms with Crippen LogP contribution < -0.4 is 10.2 Å². The Bertz CT molecular complexity index is 451. The first-order valence-corrected chi connectivity index (χ1v) is 7.82. The molecule has 0 spiro atoms. The highest BCUT2D eigenvalue weighted by molar-refractivity contribution is 5.81. The Kier molecular flexibility index (Phi) is 5.23. The van der Waals surface area contributed by atoms with Gasteiger partial charge in [-0.3, -0.25) is 10.1 Å². The lowest BCUT2D eigenvalue weighted by atomic mass is 9.86. The number of carbonyl (C=O) groups is 1. The van der Waals surface area contributed by atoms with E-state index in [0.29, 0.717) is 6.61 Å². The maximum Gasteiger partial charge on any atom is 0.326 e. The molecule has 0 radical (unpaired) electrons. The number of hydrogen-bond donors (Lipinski definition) is 1. The molecule has 0 amide bonds. The Labute approximate surface area is 127 Å². The van der Waals surface area contributed by atoms with E-state index in [1.54, 1.807) is 0 Å². The van der Waals surface area contributed by atoms with E-state index < -0.39 is 5.54 Å². The highest BCUT2D eigenvalue weighted by Crippen LogP contribution is 2.28. The summed E-state index contributed by atoms with van der Waals surface area (Å²) in [5.41, 5.74) is 0.689. The second-order valence-electron chi connectivity index (χ2n) is 5.92. The second kappa shape index (κ2) is 6.94. The van der Waals surface area contributed by atoms with Gasteiger partial charge < -0.3 is 9.64 Å². The molecule has 1 saturated heterocycles. The number of anilines is 1. The third-order valence-electron chi connectivity index (χ3n) is 3.97. The van der Waals surface area contributed by atoms with Crippen LogP contribution in [-0.4, -0.2) is 37.2 Å². The third kappa shape index (κ3) is 3.76. The van der Waals surface area contributed by atoms with Crippen molar-refractivity contribution >= 4 is 11.7 Å². The Hall–Kier alpha value is -1.55. The highest BCUT2D eigenvalue weighted by Gasteiger charge is 2.42. The van der Waals surface area contributed by atoms with Gasteiger partial charge >= 0.3 is 5.97 Å². The van der Waals surface area contributed by atoms with Crippen LogP contribution in [0.3, 0.4) is 0 Å². The van der Waals surface area contributed by atoms with Crippen LogP contribution in [0.1, 0.15) is 33.6 Å². The average molecular weight is 290 g/mol. The van der Waals surface area contributed by atoms with E-state index in [1.165, 1.54) is 5.69 Å². The molecule has 0 saturated carbocycles. The molecule has 1 aromatic carbocycles. The summed E-state index contributed by atoms with van der Waals surface area (Å²) < 4.78 is 5.31. The Balaban J connectivity index is 2.07. The summed E-state index contributed by atoms with van der Waals surface area (Å²) in [5, 5.41) is 3.45. The van der Waals surface area contributed by atoms with Crippen molar-refractivity contribution in [1.29, 1.82) is 0 Å². The lowest BCUT2D eigenvalue weighted by Gasteiger charge is -2.42. The van der Waals surface area contributed by atoms with Crippen molar-refractivity contribution < 1.29 is 9.53 Å². The topological polar surface area (TPSA) is 41.6 Å². The minimum absolute atomic E-state index is 0.105. The second-order valence-corrected chi connectivity index (χ2v) is 5.92. The third-order valence-corrected chi connectivity index (χ3v) is 3.97. The van der Waals surface area contributed by atoms with Crippen molar-refractivity contribution in [2.45, 2.75) is 45.2 Å². The van der Waals surface area contributed by atoms with E-state index in [2.05, 4.69) is 48.3 Å². The molecular formula is C17H26N2O2. The van der Waals surface area contributed by atoms with Crippen molar-refractivity contribution in [3.63, 3.8) is 0 Å². The van der Waals surface area contributed by atoms with Crippen LogP contribution >= 0.6 is 0 Å². The molecule has 2 rings (SSSR count). The maximum absolute atomic E-state index is 12.4. The van der Waals surface area contributed by atoms with Crippen molar-refractivity contribution in [3.8, 4) is 0 Å². The number of hydrogen-bond acceptors (Lipinski definition) is 4. The molecule has 1 aromatic rings. The van der Waals surface area contributed by atoms with Crippen LogP contribution in [-0.2, 0) is 9.53 Å². The first kappa shape index (κ1) is 15.8. The summed E-state index contributed by atoms with van der Waals surface area (Å²) >= 11 is 0. The van der Waals surface area contributed by atoms with Gasteiger partial charge in [0.1, 0.15) is 5.54 Å². The fraction of sp³-hybridized carbons (Fsp3) is 0.588. The van der Waals surface area contributed by atoms with E-state index in [1.807, 2.05) is 13.0 Å². The van der Waals surface area contributed by atoms with Gasteiger partial charge in [0.25, 0.3) is 0 Å². The summed E-state index contributed by atoms with van der Waals surface area (Å²) in [4.78, 5) is 14.7. The summed E-state index contributed by atoms with van der Waals surface area (Å²) in [6.07, 6.45) is 1.55. The lowest BCUT2D eigenvalue weighted by molar-refractivity contribution is -0.152. The first-order valence-electron chi connectivity index (χ1n) is 7.82. The number of ether oxygens (including phenoxy) is 1. The van der Waals surface area contributed by atoms with E-state index in [4.69, 9.17) is 4.74 Å². The minimum Gasteiger partial charge on any atom is -0.465 e. The number of carbonyl (C=O) groups excluding carboxylic acids is 1. The Morgan fingerprint density at radius 1 is 1.29 bits per heavy atom. The van der Waals surface area contributed by atoms with E-state index in [0.717, 1.165) is 25.9 Å². The fourth-order valence-electron chi connectivity index (χ4n) is 3.01. The summed E-state index contributed by atoms with van der Waals surface area (Å²) in [7, 11) is 0. The highest BCUT2D eigenvalue weighted by atomic mass is 16.5. The number of piperidine rings is 1. The van der Waals surface area contributed by atoms with Crippen LogP contribution in [0, 0.1) is 0 Å². The van der Waals surface area contributed by atoms with Gasteiger partial charge in [0.05, 0.1) is 6.61 Å².